The van der Waals surface area contributed by atoms with Gasteiger partial charge >= 0.3 is 5.97 Å². The first-order valence-corrected chi connectivity index (χ1v) is 16.3. The summed E-state index contributed by atoms with van der Waals surface area (Å²) < 4.78 is 12.5. The second-order valence-corrected chi connectivity index (χ2v) is 21.8. The summed E-state index contributed by atoms with van der Waals surface area (Å²) >= 11 is 0. The van der Waals surface area contributed by atoms with E-state index in [1.165, 1.54) is 36.6 Å². The highest BCUT2D eigenvalue weighted by Crippen LogP contribution is 2.49. The van der Waals surface area contributed by atoms with Crippen LogP contribution in [-0.2, 0) is 14.0 Å². The quantitative estimate of drug-likeness (QED) is 0.200. The van der Waals surface area contributed by atoms with Crippen molar-refractivity contribution in [2.24, 2.45) is 0 Å². The first kappa shape index (κ1) is 22.6. The highest BCUT2D eigenvalue weighted by molar-refractivity contribution is 7.40. The van der Waals surface area contributed by atoms with Crippen LogP contribution < -0.4 is 0 Å². The molecule has 25 heavy (non-hydrogen) atoms. The summed E-state index contributed by atoms with van der Waals surface area (Å²) in [6.45, 7) is 17.7. The Balaban J connectivity index is 2.84. The lowest BCUT2D eigenvalue weighted by molar-refractivity contribution is -0.139. The Kier molecular flexibility index (Phi) is 8.62. The number of carbonyl (C=O) groups is 1. The van der Waals surface area contributed by atoms with Crippen molar-refractivity contribution in [3.8, 4) is 0 Å². The summed E-state index contributed by atoms with van der Waals surface area (Å²) in [5, 5.41) is 0. The largest absolute Gasteiger partial charge is 0.462 e. The molecule has 0 bridgehead atoms. The molecule has 1 aliphatic rings. The van der Waals surface area contributed by atoms with Crippen LogP contribution in [0.25, 0.3) is 0 Å². The van der Waals surface area contributed by atoms with Crippen LogP contribution in [0, 0.1) is 0 Å². The van der Waals surface area contributed by atoms with Crippen LogP contribution in [0.4, 0.5) is 0 Å². The van der Waals surface area contributed by atoms with Gasteiger partial charge in [-0.3, -0.25) is 0 Å². The Morgan fingerprint density at radius 1 is 1.12 bits per heavy atom. The van der Waals surface area contributed by atoms with Gasteiger partial charge in [-0.2, -0.15) is 0 Å². The maximum absolute atomic E-state index is 11.6. The Bertz CT molecular complexity index is 456. The molecule has 146 valence electrons. The number of carbonyl (C=O) groups excluding carboxylic acids is 1. The van der Waals surface area contributed by atoms with Gasteiger partial charge in [0.2, 0.25) is 0 Å². The maximum Gasteiger partial charge on any atom is 0.333 e. The van der Waals surface area contributed by atoms with Crippen LogP contribution in [0.2, 0.25) is 30.2 Å². The molecule has 1 fully saturated rings. The van der Waals surface area contributed by atoms with E-state index in [0.717, 1.165) is 19.3 Å². The smallest absolute Gasteiger partial charge is 0.333 e. The molecular formula is C20H40O3Si2. The highest BCUT2D eigenvalue weighted by Gasteiger charge is 2.58. The molecule has 1 aliphatic heterocycles. The van der Waals surface area contributed by atoms with Gasteiger partial charge < -0.3 is 9.16 Å². The molecule has 1 unspecified atom stereocenters. The molecule has 1 rings (SSSR count). The predicted octanol–water partition coefficient (Wildman–Crippen LogP) is 6.01. The molecule has 5 heteroatoms. The zero-order valence-electron chi connectivity index (χ0n) is 17.5. The van der Waals surface area contributed by atoms with E-state index in [2.05, 4.69) is 41.2 Å². The van der Waals surface area contributed by atoms with E-state index in [1.807, 2.05) is 0 Å². The van der Waals surface area contributed by atoms with E-state index in [-0.39, 0.29) is 11.6 Å². The predicted molar refractivity (Wildman–Crippen MR) is 112 cm³/mol. The fraction of sp³-hybridized carbons (Fsp3) is 0.850. The van der Waals surface area contributed by atoms with Crippen molar-refractivity contribution in [2.75, 3.05) is 6.61 Å². The third-order valence-corrected chi connectivity index (χ3v) is 27.0. The fourth-order valence-corrected chi connectivity index (χ4v) is 23.9. The topological polar surface area (TPSA) is 35.5 Å². The molecule has 1 atom stereocenters. The summed E-state index contributed by atoms with van der Waals surface area (Å²) in [6, 6.07) is 6.74. The molecular weight excluding hydrogens is 344 g/mol. The summed E-state index contributed by atoms with van der Waals surface area (Å²) in [5.41, 5.74) is 0.499. The molecule has 0 aromatic carbocycles. The second kappa shape index (κ2) is 9.51. The summed E-state index contributed by atoms with van der Waals surface area (Å²) in [4.78, 5) is 11.6. The molecule has 0 N–H and O–H groups in total. The van der Waals surface area contributed by atoms with Crippen LogP contribution in [0.1, 0.15) is 67.2 Å². The van der Waals surface area contributed by atoms with E-state index in [0.29, 0.717) is 12.2 Å². The summed E-state index contributed by atoms with van der Waals surface area (Å²) in [5.74, 6) is -0.274. The first-order chi connectivity index (χ1) is 11.8. The number of hydrogen-bond acceptors (Lipinski definition) is 3. The van der Waals surface area contributed by atoms with Gasteiger partial charge in [-0.1, -0.05) is 59.3 Å². The summed E-state index contributed by atoms with van der Waals surface area (Å²) in [7, 11) is -2.93. The number of ether oxygens (including phenoxy) is 1. The third-order valence-electron chi connectivity index (χ3n) is 6.94. The molecule has 1 saturated heterocycles. The van der Waals surface area contributed by atoms with Gasteiger partial charge in [0.15, 0.2) is 7.83 Å². The van der Waals surface area contributed by atoms with E-state index in [9.17, 15) is 4.79 Å². The van der Waals surface area contributed by atoms with Crippen LogP contribution in [0.3, 0.4) is 0 Å². The molecule has 0 aromatic heterocycles. The van der Waals surface area contributed by atoms with Crippen molar-refractivity contribution in [2.45, 2.75) is 103 Å². The minimum Gasteiger partial charge on any atom is -0.462 e. The van der Waals surface area contributed by atoms with Crippen molar-refractivity contribution < 1.29 is 14.0 Å². The average Bonchev–Trinajstić information content (AvgIpc) is 2.64. The molecule has 0 aliphatic carbocycles. The Labute approximate surface area is 157 Å². The molecule has 0 radical (unpaired) electrons. The van der Waals surface area contributed by atoms with Gasteiger partial charge in [0.05, 0.1) is 19.8 Å². The lowest BCUT2D eigenvalue weighted by atomic mass is 9.92. The van der Waals surface area contributed by atoms with Crippen molar-refractivity contribution in [3.63, 3.8) is 0 Å². The van der Waals surface area contributed by atoms with Crippen molar-refractivity contribution in [1.29, 1.82) is 0 Å². The second-order valence-electron chi connectivity index (χ2n) is 7.85. The average molecular weight is 385 g/mol. The Morgan fingerprint density at radius 3 is 2.16 bits per heavy atom. The molecule has 0 amide bonds. The van der Waals surface area contributed by atoms with E-state index >= 15 is 0 Å². The van der Waals surface area contributed by atoms with Crippen molar-refractivity contribution in [1.82, 2.24) is 0 Å². The van der Waals surface area contributed by atoms with Crippen LogP contribution in [0.5, 0.6) is 0 Å². The lowest BCUT2D eigenvalue weighted by Crippen LogP contribution is -2.70. The maximum atomic E-state index is 11.6. The van der Waals surface area contributed by atoms with Gasteiger partial charge in [0.25, 0.3) is 0 Å². The fourth-order valence-electron chi connectivity index (χ4n) is 4.95. The molecule has 1 heterocycles. The zero-order valence-corrected chi connectivity index (χ0v) is 19.5. The minimum atomic E-state index is -1.65. The van der Waals surface area contributed by atoms with Crippen molar-refractivity contribution >= 4 is 21.4 Å². The van der Waals surface area contributed by atoms with Crippen molar-refractivity contribution in [3.05, 3.63) is 12.2 Å². The van der Waals surface area contributed by atoms with Gasteiger partial charge in [-0.25, -0.2) is 4.79 Å². The highest BCUT2D eigenvalue weighted by atomic mass is 29.3. The van der Waals surface area contributed by atoms with Gasteiger partial charge in [-0.05, 0) is 44.7 Å². The van der Waals surface area contributed by atoms with Crippen LogP contribution >= 0.6 is 0 Å². The lowest BCUT2D eigenvalue weighted by Gasteiger charge is -2.57. The zero-order chi connectivity index (χ0) is 19.1. The summed E-state index contributed by atoms with van der Waals surface area (Å²) in [6.07, 6.45) is 4.19. The monoisotopic (exact) mass is 384 g/mol. The van der Waals surface area contributed by atoms with Crippen LogP contribution in [0.15, 0.2) is 12.2 Å². The van der Waals surface area contributed by atoms with Crippen LogP contribution in [-0.4, -0.2) is 33.6 Å². The van der Waals surface area contributed by atoms with Gasteiger partial charge in [-0.15, -0.1) is 0 Å². The Hall–Kier alpha value is -0.396. The SMILES string of the molecule is C=C(C)C(=O)OCCCC1(CC)CC[Si](CC)(CC)[Si](CC)(CC)O1. The van der Waals surface area contributed by atoms with Gasteiger partial charge in [0.1, 0.15) is 0 Å². The molecule has 0 spiro atoms. The standard InChI is InChI=1S/C20H40O3Si2/c1-8-20(14-13-16-22-19(21)18(6)7)15-17-24(9-2,10-3)25(11-4,12-5)23-20/h6,8-17H2,1-5,7H3. The normalized spacial score (nSPS) is 24.7. The molecule has 3 nitrogen and oxygen atoms in total. The van der Waals surface area contributed by atoms with E-state index < -0.39 is 15.4 Å². The van der Waals surface area contributed by atoms with E-state index in [1.54, 1.807) is 6.92 Å². The van der Waals surface area contributed by atoms with Gasteiger partial charge in [0, 0.05) is 5.57 Å². The number of rotatable bonds is 10. The number of esters is 1. The van der Waals surface area contributed by atoms with E-state index in [4.69, 9.17) is 9.16 Å². The Morgan fingerprint density at radius 2 is 1.72 bits per heavy atom. The molecule has 0 saturated carbocycles. The number of hydrogen-bond donors (Lipinski definition) is 0. The minimum absolute atomic E-state index is 0.0225. The third kappa shape index (κ3) is 4.66. The molecule has 0 aromatic rings. The first-order valence-electron chi connectivity index (χ1n) is 10.3.